The van der Waals surface area contributed by atoms with E-state index < -0.39 is 5.91 Å². The number of hydrogen-bond acceptors (Lipinski definition) is 6. The molecule has 1 aromatic carbocycles. The standard InChI is InChI=1S/C16H19N3O4/c1-23-15(21)7-8-18-11-13(10-17)16(22)19-9-6-12-2-4-14(20)5-3-12/h2-5,11,18,20H,6-9H2,1H3,(H,19,22)/b13-11-. The van der Waals surface area contributed by atoms with Crippen LogP contribution in [0.15, 0.2) is 36.0 Å². The van der Waals surface area contributed by atoms with E-state index in [4.69, 9.17) is 5.26 Å². The number of methoxy groups -OCH3 is 1. The van der Waals surface area contributed by atoms with Crippen molar-refractivity contribution in [2.75, 3.05) is 20.2 Å². The number of hydrogen-bond donors (Lipinski definition) is 3. The van der Waals surface area contributed by atoms with Crippen LogP contribution in [-0.4, -0.2) is 37.2 Å². The highest BCUT2D eigenvalue weighted by Gasteiger charge is 2.08. The molecule has 0 aliphatic carbocycles. The summed E-state index contributed by atoms with van der Waals surface area (Å²) in [7, 11) is 1.29. The molecule has 3 N–H and O–H groups in total. The first-order valence-corrected chi connectivity index (χ1v) is 7.03. The number of nitriles is 1. The number of carbonyl (C=O) groups is 2. The molecule has 7 heteroatoms. The van der Waals surface area contributed by atoms with E-state index >= 15 is 0 Å². The maximum atomic E-state index is 11.8. The highest BCUT2D eigenvalue weighted by Crippen LogP contribution is 2.09. The predicted molar refractivity (Wildman–Crippen MR) is 83.2 cm³/mol. The first-order valence-electron chi connectivity index (χ1n) is 7.03. The van der Waals surface area contributed by atoms with Crippen molar-refractivity contribution in [2.45, 2.75) is 12.8 Å². The van der Waals surface area contributed by atoms with E-state index in [2.05, 4.69) is 15.4 Å². The molecule has 0 radical (unpaired) electrons. The Labute approximate surface area is 134 Å². The fraction of sp³-hybridized carbons (Fsp3) is 0.312. The van der Waals surface area contributed by atoms with Gasteiger partial charge < -0.3 is 20.5 Å². The van der Waals surface area contributed by atoms with Crippen LogP contribution >= 0.6 is 0 Å². The van der Waals surface area contributed by atoms with Crippen molar-refractivity contribution < 1.29 is 19.4 Å². The van der Waals surface area contributed by atoms with Crippen LogP contribution in [0.5, 0.6) is 5.75 Å². The minimum atomic E-state index is -0.489. The molecule has 0 bridgehead atoms. The molecule has 122 valence electrons. The van der Waals surface area contributed by atoms with E-state index in [0.717, 1.165) is 5.56 Å². The first-order chi connectivity index (χ1) is 11.1. The van der Waals surface area contributed by atoms with Crippen molar-refractivity contribution in [1.29, 1.82) is 5.26 Å². The van der Waals surface area contributed by atoms with Gasteiger partial charge in [-0.15, -0.1) is 0 Å². The number of ether oxygens (including phenoxy) is 1. The van der Waals surface area contributed by atoms with E-state index in [-0.39, 0.29) is 30.3 Å². The van der Waals surface area contributed by atoms with Gasteiger partial charge in [0, 0.05) is 19.3 Å². The molecule has 0 aliphatic heterocycles. The average Bonchev–Trinajstić information content (AvgIpc) is 2.56. The fourth-order valence-corrected chi connectivity index (χ4v) is 1.68. The van der Waals surface area contributed by atoms with Gasteiger partial charge in [0.25, 0.3) is 5.91 Å². The molecule has 7 nitrogen and oxygen atoms in total. The van der Waals surface area contributed by atoms with Gasteiger partial charge in [0.1, 0.15) is 17.4 Å². The minimum Gasteiger partial charge on any atom is -0.508 e. The molecular formula is C16H19N3O4. The third-order valence-electron chi connectivity index (χ3n) is 2.95. The SMILES string of the molecule is COC(=O)CCN/C=C(/C#N)C(=O)NCCc1ccc(O)cc1. The van der Waals surface area contributed by atoms with E-state index in [1.54, 1.807) is 30.3 Å². The lowest BCUT2D eigenvalue weighted by Crippen LogP contribution is -2.28. The number of phenolic OH excluding ortho intramolecular Hbond substituents is 1. The van der Waals surface area contributed by atoms with Crippen LogP contribution in [0.2, 0.25) is 0 Å². The molecule has 0 aliphatic rings. The Morgan fingerprint density at radius 3 is 2.61 bits per heavy atom. The summed E-state index contributed by atoms with van der Waals surface area (Å²) in [6.07, 6.45) is 2.01. The molecule has 1 amide bonds. The van der Waals surface area contributed by atoms with Crippen LogP contribution in [0, 0.1) is 11.3 Å². The quantitative estimate of drug-likeness (QED) is 0.280. The zero-order valence-electron chi connectivity index (χ0n) is 12.8. The van der Waals surface area contributed by atoms with Gasteiger partial charge in [0.2, 0.25) is 0 Å². The Balaban J connectivity index is 2.37. The van der Waals surface area contributed by atoms with Crippen molar-refractivity contribution in [3.05, 3.63) is 41.6 Å². The van der Waals surface area contributed by atoms with E-state index in [9.17, 15) is 14.7 Å². The number of amides is 1. The van der Waals surface area contributed by atoms with E-state index in [0.29, 0.717) is 13.0 Å². The zero-order chi connectivity index (χ0) is 17.1. The van der Waals surface area contributed by atoms with E-state index in [1.165, 1.54) is 13.3 Å². The number of phenols is 1. The monoisotopic (exact) mass is 317 g/mol. The summed E-state index contributed by atoms with van der Waals surface area (Å²) in [5.41, 5.74) is 0.891. The summed E-state index contributed by atoms with van der Waals surface area (Å²) >= 11 is 0. The molecule has 0 saturated heterocycles. The van der Waals surface area contributed by atoms with Crippen LogP contribution in [0.25, 0.3) is 0 Å². The summed E-state index contributed by atoms with van der Waals surface area (Å²) in [4.78, 5) is 22.7. The topological polar surface area (TPSA) is 111 Å². The van der Waals surface area contributed by atoms with Gasteiger partial charge in [-0.05, 0) is 24.1 Å². The highest BCUT2D eigenvalue weighted by molar-refractivity contribution is 5.97. The van der Waals surface area contributed by atoms with Gasteiger partial charge in [0.15, 0.2) is 0 Å². The van der Waals surface area contributed by atoms with Crippen LogP contribution < -0.4 is 10.6 Å². The largest absolute Gasteiger partial charge is 0.508 e. The number of aromatic hydroxyl groups is 1. The Kier molecular flexibility index (Phi) is 7.72. The lowest BCUT2D eigenvalue weighted by atomic mass is 10.1. The second-order valence-electron chi connectivity index (χ2n) is 4.62. The van der Waals surface area contributed by atoms with Crippen LogP contribution in [0.4, 0.5) is 0 Å². The molecule has 0 heterocycles. The van der Waals surface area contributed by atoms with Gasteiger partial charge in [-0.25, -0.2) is 0 Å². The summed E-state index contributed by atoms with van der Waals surface area (Å²) < 4.78 is 4.47. The zero-order valence-corrected chi connectivity index (χ0v) is 12.8. The van der Waals surface area contributed by atoms with Gasteiger partial charge in [0.05, 0.1) is 13.5 Å². The minimum absolute atomic E-state index is 0.0689. The summed E-state index contributed by atoms with van der Waals surface area (Å²) in [5, 5.41) is 23.5. The molecule has 0 spiro atoms. The molecule has 0 aromatic heterocycles. The molecule has 1 aromatic rings. The van der Waals surface area contributed by atoms with Crippen LogP contribution in [0.3, 0.4) is 0 Å². The van der Waals surface area contributed by atoms with Crippen LogP contribution in [0.1, 0.15) is 12.0 Å². The third kappa shape index (κ3) is 7.00. The molecule has 0 fully saturated rings. The normalized spacial score (nSPS) is 10.5. The van der Waals surface area contributed by atoms with Crippen LogP contribution in [-0.2, 0) is 20.7 Å². The number of rotatable bonds is 8. The van der Waals surface area contributed by atoms with Gasteiger partial charge in [-0.1, -0.05) is 12.1 Å². The van der Waals surface area contributed by atoms with Crippen molar-refractivity contribution >= 4 is 11.9 Å². The van der Waals surface area contributed by atoms with Gasteiger partial charge >= 0.3 is 5.97 Å². The van der Waals surface area contributed by atoms with Crippen molar-refractivity contribution in [3.8, 4) is 11.8 Å². The summed E-state index contributed by atoms with van der Waals surface area (Å²) in [6.45, 7) is 0.642. The van der Waals surface area contributed by atoms with Crippen molar-refractivity contribution in [1.82, 2.24) is 10.6 Å². The Bertz CT molecular complexity index is 603. The average molecular weight is 317 g/mol. The number of esters is 1. The van der Waals surface area contributed by atoms with E-state index in [1.807, 2.05) is 0 Å². The Hall–Kier alpha value is -3.01. The van der Waals surface area contributed by atoms with Gasteiger partial charge in [-0.2, -0.15) is 5.26 Å². The first kappa shape index (κ1) is 18.0. The highest BCUT2D eigenvalue weighted by atomic mass is 16.5. The second kappa shape index (κ2) is 9.84. The van der Waals surface area contributed by atoms with Crippen molar-refractivity contribution in [2.24, 2.45) is 0 Å². The lowest BCUT2D eigenvalue weighted by Gasteiger charge is -2.05. The molecule has 0 unspecified atom stereocenters. The van der Waals surface area contributed by atoms with Crippen molar-refractivity contribution in [3.63, 3.8) is 0 Å². The second-order valence-corrected chi connectivity index (χ2v) is 4.62. The molecule has 23 heavy (non-hydrogen) atoms. The Morgan fingerprint density at radius 2 is 2.00 bits per heavy atom. The maximum Gasteiger partial charge on any atom is 0.307 e. The number of carbonyl (C=O) groups excluding carboxylic acids is 2. The predicted octanol–water partition coefficient (Wildman–Crippen LogP) is 0.611. The Morgan fingerprint density at radius 1 is 1.30 bits per heavy atom. The smallest absolute Gasteiger partial charge is 0.307 e. The number of benzene rings is 1. The lowest BCUT2D eigenvalue weighted by molar-refractivity contribution is -0.140. The number of nitrogens with one attached hydrogen (secondary N) is 2. The molecule has 1 rings (SSSR count). The summed E-state index contributed by atoms with van der Waals surface area (Å²) in [5.74, 6) is -0.676. The fourth-order valence-electron chi connectivity index (χ4n) is 1.68. The maximum absolute atomic E-state index is 11.8. The third-order valence-corrected chi connectivity index (χ3v) is 2.95. The summed E-state index contributed by atoms with van der Waals surface area (Å²) in [6, 6.07) is 8.46. The molecular weight excluding hydrogens is 298 g/mol. The molecule has 0 saturated carbocycles. The molecule has 0 atom stereocenters. The number of nitrogens with zero attached hydrogens (tertiary/aromatic N) is 1. The van der Waals surface area contributed by atoms with Gasteiger partial charge in [-0.3, -0.25) is 9.59 Å².